The predicted octanol–water partition coefficient (Wildman–Crippen LogP) is 2.16. The highest BCUT2D eigenvalue weighted by atomic mass is 19.1. The normalized spacial score (nSPS) is 10.1. The van der Waals surface area contributed by atoms with Crippen molar-refractivity contribution in [3.8, 4) is 5.75 Å². The molecule has 0 N–H and O–H groups in total. The molecule has 3 heteroatoms. The molecule has 0 saturated heterocycles. The van der Waals surface area contributed by atoms with Crippen molar-refractivity contribution in [3.05, 3.63) is 29.6 Å². The van der Waals surface area contributed by atoms with Crippen LogP contribution >= 0.6 is 0 Å². The third-order valence-electron chi connectivity index (χ3n) is 1.70. The lowest BCUT2D eigenvalue weighted by molar-refractivity contribution is 0.143. The van der Waals surface area contributed by atoms with Crippen LogP contribution < -0.4 is 4.74 Å². The van der Waals surface area contributed by atoms with Crippen molar-refractivity contribution in [1.29, 1.82) is 0 Å². The van der Waals surface area contributed by atoms with Gasteiger partial charge in [0.1, 0.15) is 6.61 Å². The van der Waals surface area contributed by atoms with Crippen molar-refractivity contribution in [2.45, 2.75) is 6.92 Å². The van der Waals surface area contributed by atoms with E-state index in [1.165, 1.54) is 6.07 Å². The van der Waals surface area contributed by atoms with E-state index >= 15 is 0 Å². The van der Waals surface area contributed by atoms with Crippen molar-refractivity contribution >= 4 is 0 Å². The first-order valence-corrected chi connectivity index (χ1v) is 4.12. The smallest absolute Gasteiger partial charge is 0.165 e. The summed E-state index contributed by atoms with van der Waals surface area (Å²) in [7, 11) is 1.58. The molecule has 0 aliphatic carbocycles. The summed E-state index contributed by atoms with van der Waals surface area (Å²) in [5, 5.41) is 0. The van der Waals surface area contributed by atoms with E-state index in [2.05, 4.69) is 0 Å². The van der Waals surface area contributed by atoms with Gasteiger partial charge in [-0.2, -0.15) is 0 Å². The Labute approximate surface area is 77.3 Å². The molecular weight excluding hydrogens is 171 g/mol. The molecule has 0 amide bonds. The monoisotopic (exact) mass is 184 g/mol. The van der Waals surface area contributed by atoms with Crippen LogP contribution in [0, 0.1) is 12.7 Å². The lowest BCUT2D eigenvalue weighted by Crippen LogP contribution is -2.06. The van der Waals surface area contributed by atoms with Gasteiger partial charge in [-0.3, -0.25) is 0 Å². The van der Waals surface area contributed by atoms with Crippen LogP contribution in [-0.2, 0) is 4.74 Å². The maximum absolute atomic E-state index is 13.1. The third kappa shape index (κ3) is 2.70. The molecule has 0 atom stereocenters. The molecule has 0 heterocycles. The molecule has 0 aliphatic heterocycles. The highest BCUT2D eigenvalue weighted by molar-refractivity contribution is 5.33. The number of aryl methyl sites for hydroxylation is 1. The minimum absolute atomic E-state index is 0.319. The van der Waals surface area contributed by atoms with Crippen molar-refractivity contribution < 1.29 is 13.9 Å². The minimum atomic E-state index is -0.323. The zero-order chi connectivity index (χ0) is 9.68. The van der Waals surface area contributed by atoms with Gasteiger partial charge in [0.2, 0.25) is 0 Å². The number of hydrogen-bond donors (Lipinski definition) is 0. The van der Waals surface area contributed by atoms with Gasteiger partial charge in [-0.1, -0.05) is 12.1 Å². The first-order valence-electron chi connectivity index (χ1n) is 4.12. The second-order valence-corrected chi connectivity index (χ2v) is 2.73. The summed E-state index contributed by atoms with van der Waals surface area (Å²) >= 11 is 0. The summed E-state index contributed by atoms with van der Waals surface area (Å²) in [5.74, 6) is -0.00402. The Balaban J connectivity index is 2.64. The molecule has 13 heavy (non-hydrogen) atoms. The molecule has 1 aromatic rings. The van der Waals surface area contributed by atoms with Gasteiger partial charge in [-0.05, 0) is 18.6 Å². The van der Waals surface area contributed by atoms with Gasteiger partial charge in [0.05, 0.1) is 6.61 Å². The van der Waals surface area contributed by atoms with Crippen molar-refractivity contribution in [3.63, 3.8) is 0 Å². The Hall–Kier alpha value is -1.09. The average Bonchev–Trinajstić information content (AvgIpc) is 2.10. The zero-order valence-electron chi connectivity index (χ0n) is 7.84. The molecule has 0 fully saturated rings. The van der Waals surface area contributed by atoms with Gasteiger partial charge in [-0.15, -0.1) is 0 Å². The van der Waals surface area contributed by atoms with E-state index in [9.17, 15) is 4.39 Å². The van der Waals surface area contributed by atoms with Crippen molar-refractivity contribution in [2.24, 2.45) is 0 Å². The molecule has 2 nitrogen and oxygen atoms in total. The van der Waals surface area contributed by atoms with E-state index in [0.29, 0.717) is 19.0 Å². The van der Waals surface area contributed by atoms with Gasteiger partial charge in [-0.25, -0.2) is 4.39 Å². The molecule has 0 aliphatic rings. The highest BCUT2D eigenvalue weighted by Crippen LogP contribution is 2.21. The predicted molar refractivity (Wildman–Crippen MR) is 48.5 cm³/mol. The van der Waals surface area contributed by atoms with E-state index < -0.39 is 0 Å². The minimum Gasteiger partial charge on any atom is -0.488 e. The average molecular weight is 184 g/mol. The maximum atomic E-state index is 13.1. The number of halogens is 1. The Morgan fingerprint density at radius 3 is 2.69 bits per heavy atom. The van der Waals surface area contributed by atoms with Gasteiger partial charge in [0, 0.05) is 7.11 Å². The van der Waals surface area contributed by atoms with Crippen molar-refractivity contribution in [2.75, 3.05) is 20.3 Å². The van der Waals surface area contributed by atoms with Crippen LogP contribution in [0.1, 0.15) is 5.56 Å². The van der Waals surface area contributed by atoms with Crippen LogP contribution in [0.15, 0.2) is 18.2 Å². The van der Waals surface area contributed by atoms with E-state index in [4.69, 9.17) is 9.47 Å². The molecule has 1 aromatic carbocycles. The summed E-state index contributed by atoms with van der Waals surface area (Å²) in [5.41, 5.74) is 0.802. The van der Waals surface area contributed by atoms with E-state index in [0.717, 1.165) is 5.56 Å². The molecule has 72 valence electrons. The van der Waals surface area contributed by atoms with E-state index in [1.54, 1.807) is 13.2 Å². The Bertz CT molecular complexity index is 253. The molecule has 0 unspecified atom stereocenters. The van der Waals surface area contributed by atoms with Crippen LogP contribution in [0.4, 0.5) is 4.39 Å². The Morgan fingerprint density at radius 2 is 2.08 bits per heavy atom. The summed E-state index contributed by atoms with van der Waals surface area (Å²) in [6, 6.07) is 4.86. The number of methoxy groups -OCH3 is 1. The van der Waals surface area contributed by atoms with Crippen LogP contribution in [0.2, 0.25) is 0 Å². The molecule has 0 radical (unpaired) electrons. The Kier molecular flexibility index (Phi) is 3.71. The number of benzene rings is 1. The number of hydrogen-bond acceptors (Lipinski definition) is 2. The fourth-order valence-electron chi connectivity index (χ4n) is 1.03. The summed E-state index contributed by atoms with van der Waals surface area (Å²) in [6.07, 6.45) is 0. The zero-order valence-corrected chi connectivity index (χ0v) is 7.84. The van der Waals surface area contributed by atoms with Crippen LogP contribution in [-0.4, -0.2) is 20.3 Å². The molecule has 1 rings (SSSR count). The lowest BCUT2D eigenvalue weighted by Gasteiger charge is -2.08. The standard InChI is InChI=1S/C10H13FO2/c1-8-4-3-5-9(11)10(8)13-7-6-12-2/h3-5H,6-7H2,1-2H3. The summed E-state index contributed by atoms with van der Waals surface area (Å²) < 4.78 is 23.1. The maximum Gasteiger partial charge on any atom is 0.165 e. The Morgan fingerprint density at radius 1 is 1.31 bits per heavy atom. The largest absolute Gasteiger partial charge is 0.488 e. The number of ether oxygens (including phenoxy) is 2. The van der Waals surface area contributed by atoms with Crippen LogP contribution in [0.25, 0.3) is 0 Å². The molecule has 0 saturated carbocycles. The fourth-order valence-corrected chi connectivity index (χ4v) is 1.03. The highest BCUT2D eigenvalue weighted by Gasteiger charge is 2.05. The third-order valence-corrected chi connectivity index (χ3v) is 1.70. The second-order valence-electron chi connectivity index (χ2n) is 2.73. The second kappa shape index (κ2) is 4.82. The summed E-state index contributed by atoms with van der Waals surface area (Å²) in [4.78, 5) is 0. The quantitative estimate of drug-likeness (QED) is 0.667. The van der Waals surface area contributed by atoms with Crippen LogP contribution in [0.3, 0.4) is 0 Å². The first-order chi connectivity index (χ1) is 6.25. The van der Waals surface area contributed by atoms with Gasteiger partial charge >= 0.3 is 0 Å². The summed E-state index contributed by atoms with van der Waals surface area (Å²) in [6.45, 7) is 2.65. The fraction of sp³-hybridized carbons (Fsp3) is 0.400. The first kappa shape index (κ1) is 9.99. The SMILES string of the molecule is COCCOc1c(C)cccc1F. The number of para-hydroxylation sites is 1. The van der Waals surface area contributed by atoms with E-state index in [1.807, 2.05) is 13.0 Å². The molecule has 0 bridgehead atoms. The topological polar surface area (TPSA) is 18.5 Å². The number of rotatable bonds is 4. The lowest BCUT2D eigenvalue weighted by atomic mass is 10.2. The molecule has 0 aromatic heterocycles. The van der Waals surface area contributed by atoms with Crippen molar-refractivity contribution in [1.82, 2.24) is 0 Å². The molecular formula is C10H13FO2. The van der Waals surface area contributed by atoms with Gasteiger partial charge < -0.3 is 9.47 Å². The molecule has 0 spiro atoms. The van der Waals surface area contributed by atoms with Gasteiger partial charge in [0.25, 0.3) is 0 Å². The van der Waals surface area contributed by atoms with E-state index in [-0.39, 0.29) is 5.82 Å². The van der Waals surface area contributed by atoms with Crippen LogP contribution in [0.5, 0.6) is 5.75 Å². The van der Waals surface area contributed by atoms with Gasteiger partial charge in [0.15, 0.2) is 11.6 Å².